The first-order valence-corrected chi connectivity index (χ1v) is 8.47. The largest absolute Gasteiger partial charge is 0.464 e. The van der Waals surface area contributed by atoms with Gasteiger partial charge in [-0.15, -0.1) is 0 Å². The molecule has 1 saturated carbocycles. The molecule has 1 spiro atoms. The molecular weight excluding hydrogens is 290 g/mol. The first-order chi connectivity index (χ1) is 11.0. The van der Waals surface area contributed by atoms with Crippen LogP contribution in [0.2, 0.25) is 0 Å². The SMILES string of the molecule is CC(C)C1N(C)CC12C[C@@H](O)[C@H](Nc1nccc3occc13)C2. The molecule has 0 aromatic carbocycles. The lowest BCUT2D eigenvalue weighted by Gasteiger charge is -2.57. The van der Waals surface area contributed by atoms with E-state index in [1.54, 1.807) is 12.5 Å². The maximum atomic E-state index is 10.6. The predicted octanol–water partition coefficient (Wildman–Crippen LogP) is 2.72. The molecule has 5 nitrogen and oxygen atoms in total. The standard InChI is InChI=1S/C18H25N3O2/c1-11(2)16-18(10-21(16)3)8-13(14(22)9-18)20-17-12-5-7-23-15(12)4-6-19-17/h4-7,11,13-14,16,22H,8-10H2,1-3H3,(H,19,20)/t13-,14-,16?,18?/m1/s1. The molecule has 23 heavy (non-hydrogen) atoms. The van der Waals surface area contributed by atoms with Crippen molar-refractivity contribution in [3.63, 3.8) is 0 Å². The summed E-state index contributed by atoms with van der Waals surface area (Å²) in [5, 5.41) is 15.1. The minimum atomic E-state index is -0.325. The number of hydrogen-bond acceptors (Lipinski definition) is 5. The number of pyridine rings is 1. The van der Waals surface area contributed by atoms with Gasteiger partial charge in [-0.1, -0.05) is 13.8 Å². The van der Waals surface area contributed by atoms with Crippen LogP contribution in [0.25, 0.3) is 11.0 Å². The van der Waals surface area contributed by atoms with Crippen LogP contribution in [0, 0.1) is 11.3 Å². The lowest BCUT2D eigenvalue weighted by atomic mass is 9.66. The average Bonchev–Trinajstić information content (AvgIpc) is 3.05. The fourth-order valence-corrected chi connectivity index (χ4v) is 5.18. The smallest absolute Gasteiger partial charge is 0.139 e. The van der Waals surface area contributed by atoms with Crippen LogP contribution in [0.15, 0.2) is 29.0 Å². The fourth-order valence-electron chi connectivity index (χ4n) is 5.18. The number of hydrogen-bond donors (Lipinski definition) is 2. The van der Waals surface area contributed by atoms with E-state index in [1.807, 2.05) is 12.1 Å². The number of likely N-dealkylation sites (tertiary alicyclic amines) is 1. The monoisotopic (exact) mass is 315 g/mol. The van der Waals surface area contributed by atoms with E-state index in [1.165, 1.54) is 0 Å². The number of fused-ring (bicyclic) bond motifs is 1. The number of aromatic nitrogens is 1. The average molecular weight is 315 g/mol. The van der Waals surface area contributed by atoms with Gasteiger partial charge in [-0.25, -0.2) is 4.98 Å². The van der Waals surface area contributed by atoms with Crippen LogP contribution in [-0.4, -0.2) is 46.8 Å². The quantitative estimate of drug-likeness (QED) is 0.912. The molecule has 4 atom stereocenters. The molecule has 1 aliphatic heterocycles. The molecule has 1 aliphatic carbocycles. The Morgan fingerprint density at radius 2 is 2.22 bits per heavy atom. The summed E-state index contributed by atoms with van der Waals surface area (Å²) in [7, 11) is 2.19. The van der Waals surface area contributed by atoms with Gasteiger partial charge >= 0.3 is 0 Å². The second-order valence-electron chi connectivity index (χ2n) is 7.68. The lowest BCUT2D eigenvalue weighted by Crippen LogP contribution is -2.64. The van der Waals surface area contributed by atoms with Gasteiger partial charge in [0.05, 0.1) is 23.8 Å². The summed E-state index contributed by atoms with van der Waals surface area (Å²) in [5.41, 5.74) is 1.07. The van der Waals surface area contributed by atoms with Crippen molar-refractivity contribution >= 4 is 16.8 Å². The lowest BCUT2D eigenvalue weighted by molar-refractivity contribution is -0.0825. The second kappa shape index (κ2) is 5.21. The molecule has 3 heterocycles. The van der Waals surface area contributed by atoms with Gasteiger partial charge in [-0.2, -0.15) is 0 Å². The van der Waals surface area contributed by atoms with E-state index in [9.17, 15) is 5.11 Å². The van der Waals surface area contributed by atoms with Crippen molar-refractivity contribution in [3.8, 4) is 0 Å². The van der Waals surface area contributed by atoms with Crippen LogP contribution in [0.3, 0.4) is 0 Å². The highest BCUT2D eigenvalue weighted by Crippen LogP contribution is 2.52. The number of nitrogens with one attached hydrogen (secondary N) is 1. The molecule has 4 rings (SSSR count). The third-order valence-electron chi connectivity index (χ3n) is 5.71. The van der Waals surface area contributed by atoms with E-state index in [0.29, 0.717) is 12.0 Å². The first-order valence-electron chi connectivity index (χ1n) is 8.47. The molecule has 2 N–H and O–H groups in total. The van der Waals surface area contributed by atoms with Crippen LogP contribution in [0.1, 0.15) is 26.7 Å². The van der Waals surface area contributed by atoms with Gasteiger partial charge in [-0.05, 0) is 37.9 Å². The Labute approximate surface area is 136 Å². The third kappa shape index (κ3) is 2.25. The molecule has 0 bridgehead atoms. The zero-order valence-electron chi connectivity index (χ0n) is 14.0. The van der Waals surface area contributed by atoms with Gasteiger partial charge in [0.25, 0.3) is 0 Å². The van der Waals surface area contributed by atoms with Gasteiger partial charge < -0.3 is 19.7 Å². The molecule has 2 fully saturated rings. The minimum absolute atomic E-state index is 0.0537. The molecule has 0 amide bonds. The van der Waals surface area contributed by atoms with Crippen LogP contribution < -0.4 is 5.32 Å². The highest BCUT2D eigenvalue weighted by Gasteiger charge is 2.58. The van der Waals surface area contributed by atoms with Crippen LogP contribution in [0.5, 0.6) is 0 Å². The summed E-state index contributed by atoms with van der Waals surface area (Å²) in [6.07, 6.45) is 4.98. The molecule has 5 heteroatoms. The van der Waals surface area contributed by atoms with E-state index in [0.717, 1.165) is 36.2 Å². The van der Waals surface area contributed by atoms with Crippen LogP contribution in [-0.2, 0) is 0 Å². The van der Waals surface area contributed by atoms with Crippen LogP contribution in [0.4, 0.5) is 5.82 Å². The zero-order valence-corrected chi connectivity index (χ0v) is 14.0. The van der Waals surface area contributed by atoms with Crippen LogP contribution >= 0.6 is 0 Å². The maximum absolute atomic E-state index is 10.6. The van der Waals surface area contributed by atoms with Crippen molar-refractivity contribution in [2.24, 2.45) is 11.3 Å². The van der Waals surface area contributed by atoms with Crippen molar-refractivity contribution in [2.75, 3.05) is 18.9 Å². The number of nitrogens with zero attached hydrogens (tertiary/aromatic N) is 2. The molecule has 2 aromatic rings. The maximum Gasteiger partial charge on any atom is 0.139 e. The highest BCUT2D eigenvalue weighted by atomic mass is 16.3. The third-order valence-corrected chi connectivity index (χ3v) is 5.71. The normalized spacial score (nSPS) is 34.4. The van der Waals surface area contributed by atoms with E-state index < -0.39 is 0 Å². The molecule has 124 valence electrons. The number of rotatable bonds is 3. The van der Waals surface area contributed by atoms with Gasteiger partial charge in [0.2, 0.25) is 0 Å². The fraction of sp³-hybridized carbons (Fsp3) is 0.611. The van der Waals surface area contributed by atoms with E-state index in [2.05, 4.69) is 36.1 Å². The summed E-state index contributed by atoms with van der Waals surface area (Å²) in [4.78, 5) is 6.87. The second-order valence-corrected chi connectivity index (χ2v) is 7.68. The summed E-state index contributed by atoms with van der Waals surface area (Å²) in [6.45, 7) is 5.64. The summed E-state index contributed by atoms with van der Waals surface area (Å²) in [6, 6.07) is 4.40. The molecule has 0 radical (unpaired) electrons. The molecule has 2 unspecified atom stereocenters. The van der Waals surface area contributed by atoms with Crippen molar-refractivity contribution in [2.45, 2.75) is 44.9 Å². The molecule has 2 aromatic heterocycles. The van der Waals surface area contributed by atoms with Crippen molar-refractivity contribution in [1.29, 1.82) is 0 Å². The number of aliphatic hydroxyl groups is 1. The van der Waals surface area contributed by atoms with Gasteiger partial charge in [0.15, 0.2) is 0 Å². The minimum Gasteiger partial charge on any atom is -0.464 e. The van der Waals surface area contributed by atoms with E-state index in [-0.39, 0.29) is 17.6 Å². The Balaban J connectivity index is 1.56. The van der Waals surface area contributed by atoms with Gasteiger partial charge in [-0.3, -0.25) is 0 Å². The Hall–Kier alpha value is -1.59. The Morgan fingerprint density at radius 3 is 2.96 bits per heavy atom. The Morgan fingerprint density at radius 1 is 1.39 bits per heavy atom. The van der Waals surface area contributed by atoms with Crippen molar-refractivity contribution in [3.05, 3.63) is 24.6 Å². The van der Waals surface area contributed by atoms with E-state index in [4.69, 9.17) is 4.42 Å². The molecule has 2 aliphatic rings. The molecular formula is C18H25N3O2. The topological polar surface area (TPSA) is 61.5 Å². The molecule has 1 saturated heterocycles. The van der Waals surface area contributed by atoms with Crippen molar-refractivity contribution in [1.82, 2.24) is 9.88 Å². The number of furan rings is 1. The summed E-state index contributed by atoms with van der Waals surface area (Å²) < 4.78 is 5.44. The zero-order chi connectivity index (χ0) is 16.2. The summed E-state index contributed by atoms with van der Waals surface area (Å²) in [5.74, 6) is 1.42. The highest BCUT2D eigenvalue weighted by molar-refractivity contribution is 5.88. The predicted molar refractivity (Wildman–Crippen MR) is 90.3 cm³/mol. The van der Waals surface area contributed by atoms with Crippen molar-refractivity contribution < 1.29 is 9.52 Å². The first kappa shape index (κ1) is 15.0. The van der Waals surface area contributed by atoms with Gasteiger partial charge in [0, 0.05) is 24.2 Å². The summed E-state index contributed by atoms with van der Waals surface area (Å²) >= 11 is 0. The Bertz CT molecular complexity index is 708. The Kier molecular flexibility index (Phi) is 3.39. The number of aliphatic hydroxyl groups excluding tert-OH is 1. The number of anilines is 1. The van der Waals surface area contributed by atoms with E-state index >= 15 is 0 Å². The van der Waals surface area contributed by atoms with Gasteiger partial charge in [0.1, 0.15) is 11.4 Å².